The van der Waals surface area contributed by atoms with Crippen molar-refractivity contribution in [3.05, 3.63) is 95.3 Å². The van der Waals surface area contributed by atoms with Crippen molar-refractivity contribution in [2.75, 3.05) is 7.11 Å². The Morgan fingerprint density at radius 3 is 2.43 bits per heavy atom. The Hall–Kier alpha value is -3.34. The molecule has 1 N–H and O–H groups in total. The maximum atomic E-state index is 13.6. The van der Waals surface area contributed by atoms with Crippen LogP contribution in [0.25, 0.3) is 0 Å². The van der Waals surface area contributed by atoms with Crippen LogP contribution in [0, 0.1) is 5.82 Å². The maximum absolute atomic E-state index is 13.6. The van der Waals surface area contributed by atoms with Gasteiger partial charge in [-0.2, -0.15) is 0 Å². The molecule has 0 saturated carbocycles. The van der Waals surface area contributed by atoms with Crippen LogP contribution in [0.15, 0.2) is 72.8 Å². The molecular formula is C23H22FNO3. The number of amides is 1. The van der Waals surface area contributed by atoms with Gasteiger partial charge >= 0.3 is 0 Å². The largest absolute Gasteiger partial charge is 0.493 e. The highest BCUT2D eigenvalue weighted by Gasteiger charge is 2.10. The molecule has 0 radical (unpaired) electrons. The first-order valence-electron chi connectivity index (χ1n) is 8.99. The summed E-state index contributed by atoms with van der Waals surface area (Å²) in [6.07, 6.45) is 0.00206. The molecule has 28 heavy (non-hydrogen) atoms. The lowest BCUT2D eigenvalue weighted by Gasteiger charge is -2.13. The third-order valence-corrected chi connectivity index (χ3v) is 4.26. The van der Waals surface area contributed by atoms with E-state index in [1.165, 1.54) is 6.07 Å². The van der Waals surface area contributed by atoms with E-state index >= 15 is 0 Å². The summed E-state index contributed by atoms with van der Waals surface area (Å²) in [6.45, 7) is 0.762. The topological polar surface area (TPSA) is 47.6 Å². The van der Waals surface area contributed by atoms with Gasteiger partial charge in [0.2, 0.25) is 5.91 Å². The zero-order valence-corrected chi connectivity index (χ0v) is 15.7. The first kappa shape index (κ1) is 19.4. The second-order valence-electron chi connectivity index (χ2n) is 6.30. The molecule has 4 nitrogen and oxygen atoms in total. The Morgan fingerprint density at radius 1 is 0.929 bits per heavy atom. The summed E-state index contributed by atoms with van der Waals surface area (Å²) in [4.78, 5) is 12.1. The van der Waals surface area contributed by atoms with Crippen molar-refractivity contribution in [1.29, 1.82) is 0 Å². The lowest BCUT2D eigenvalue weighted by Crippen LogP contribution is -2.24. The maximum Gasteiger partial charge on any atom is 0.224 e. The van der Waals surface area contributed by atoms with Crippen molar-refractivity contribution < 1.29 is 18.7 Å². The number of methoxy groups -OCH3 is 1. The van der Waals surface area contributed by atoms with Gasteiger partial charge in [-0.05, 0) is 34.9 Å². The lowest BCUT2D eigenvalue weighted by atomic mass is 10.1. The standard InChI is InChI=1S/C23H22FNO3/c1-27-22-13-18(11-12-21(22)28-16-17-7-3-2-4-8-17)15-25-23(26)14-19-9-5-6-10-20(19)24/h2-13H,14-16H2,1H3,(H,25,26). The minimum absolute atomic E-state index is 0.00206. The fourth-order valence-corrected chi connectivity index (χ4v) is 2.75. The van der Waals surface area contributed by atoms with Crippen molar-refractivity contribution in [2.45, 2.75) is 19.6 Å². The third-order valence-electron chi connectivity index (χ3n) is 4.26. The van der Waals surface area contributed by atoms with Crippen LogP contribution < -0.4 is 14.8 Å². The lowest BCUT2D eigenvalue weighted by molar-refractivity contribution is -0.120. The van der Waals surface area contributed by atoms with Crippen molar-refractivity contribution in [3.8, 4) is 11.5 Å². The second kappa shape index (κ2) is 9.55. The average Bonchev–Trinajstić information content (AvgIpc) is 2.73. The molecule has 5 heteroatoms. The van der Waals surface area contributed by atoms with Gasteiger partial charge in [-0.25, -0.2) is 4.39 Å². The van der Waals surface area contributed by atoms with Gasteiger partial charge in [-0.15, -0.1) is 0 Å². The van der Waals surface area contributed by atoms with E-state index in [0.717, 1.165) is 11.1 Å². The smallest absolute Gasteiger partial charge is 0.224 e. The van der Waals surface area contributed by atoms with E-state index < -0.39 is 0 Å². The predicted molar refractivity (Wildman–Crippen MR) is 106 cm³/mol. The van der Waals surface area contributed by atoms with Crippen LogP contribution >= 0.6 is 0 Å². The normalized spacial score (nSPS) is 10.4. The molecule has 0 spiro atoms. The molecule has 1 amide bonds. The summed E-state index contributed by atoms with van der Waals surface area (Å²) in [7, 11) is 1.57. The fourth-order valence-electron chi connectivity index (χ4n) is 2.75. The first-order valence-corrected chi connectivity index (χ1v) is 8.99. The summed E-state index contributed by atoms with van der Waals surface area (Å²) in [5, 5.41) is 2.80. The van der Waals surface area contributed by atoms with Crippen LogP contribution in [-0.2, 0) is 24.4 Å². The molecule has 0 heterocycles. The molecule has 3 aromatic carbocycles. The molecular weight excluding hydrogens is 357 g/mol. The van der Waals surface area contributed by atoms with Gasteiger partial charge in [0.05, 0.1) is 13.5 Å². The summed E-state index contributed by atoms with van der Waals surface area (Å²) in [5.41, 5.74) is 2.31. The number of carbonyl (C=O) groups excluding carboxylic acids is 1. The summed E-state index contributed by atoms with van der Waals surface area (Å²) in [6, 6.07) is 21.6. The first-order chi connectivity index (χ1) is 13.7. The van der Waals surface area contributed by atoms with Gasteiger partial charge in [-0.3, -0.25) is 4.79 Å². The molecule has 0 atom stereocenters. The van der Waals surface area contributed by atoms with Crippen LogP contribution in [0.3, 0.4) is 0 Å². The molecule has 0 bridgehead atoms. The zero-order valence-electron chi connectivity index (χ0n) is 15.7. The zero-order chi connectivity index (χ0) is 19.8. The van der Waals surface area contributed by atoms with Crippen LogP contribution in [0.2, 0.25) is 0 Å². The molecule has 0 aliphatic heterocycles. The third kappa shape index (κ3) is 5.33. The Labute approximate surface area is 163 Å². The van der Waals surface area contributed by atoms with Crippen LogP contribution in [0.5, 0.6) is 11.5 Å². The fraction of sp³-hybridized carbons (Fsp3) is 0.174. The molecule has 3 rings (SSSR count). The van der Waals surface area contributed by atoms with Crippen LogP contribution in [0.4, 0.5) is 4.39 Å². The SMILES string of the molecule is COc1cc(CNC(=O)Cc2ccccc2F)ccc1OCc1ccccc1. The predicted octanol–water partition coefficient (Wildman–Crippen LogP) is 4.27. The van der Waals surface area contributed by atoms with Gasteiger partial charge in [0.25, 0.3) is 0 Å². The van der Waals surface area contributed by atoms with Gasteiger partial charge in [-0.1, -0.05) is 54.6 Å². The molecule has 0 unspecified atom stereocenters. The number of nitrogens with one attached hydrogen (secondary N) is 1. The molecule has 0 aromatic heterocycles. The van der Waals surface area contributed by atoms with E-state index in [0.29, 0.717) is 30.2 Å². The highest BCUT2D eigenvalue weighted by molar-refractivity contribution is 5.78. The highest BCUT2D eigenvalue weighted by atomic mass is 19.1. The highest BCUT2D eigenvalue weighted by Crippen LogP contribution is 2.28. The molecule has 3 aromatic rings. The van der Waals surface area contributed by atoms with Crippen molar-refractivity contribution in [3.63, 3.8) is 0 Å². The summed E-state index contributed by atoms with van der Waals surface area (Å²) < 4.78 is 24.9. The van der Waals surface area contributed by atoms with Crippen LogP contribution in [-0.4, -0.2) is 13.0 Å². The second-order valence-corrected chi connectivity index (χ2v) is 6.30. The van der Waals surface area contributed by atoms with Gasteiger partial charge in [0.15, 0.2) is 11.5 Å². The van der Waals surface area contributed by atoms with Crippen molar-refractivity contribution in [2.24, 2.45) is 0 Å². The number of halogens is 1. The molecule has 0 aliphatic rings. The molecule has 144 valence electrons. The molecule has 0 aliphatic carbocycles. The van der Waals surface area contributed by atoms with E-state index in [2.05, 4.69) is 5.32 Å². The van der Waals surface area contributed by atoms with E-state index in [-0.39, 0.29) is 18.1 Å². The van der Waals surface area contributed by atoms with Gasteiger partial charge in [0, 0.05) is 6.54 Å². The number of rotatable bonds is 8. The van der Waals surface area contributed by atoms with E-state index in [4.69, 9.17) is 9.47 Å². The number of benzene rings is 3. The van der Waals surface area contributed by atoms with E-state index in [1.54, 1.807) is 25.3 Å². The number of carbonyl (C=O) groups is 1. The summed E-state index contributed by atoms with van der Waals surface area (Å²) >= 11 is 0. The van der Waals surface area contributed by atoms with Crippen molar-refractivity contribution in [1.82, 2.24) is 5.32 Å². The Bertz CT molecular complexity index is 928. The summed E-state index contributed by atoms with van der Waals surface area (Å²) in [5.74, 6) is 0.609. The van der Waals surface area contributed by atoms with E-state index in [9.17, 15) is 9.18 Å². The number of ether oxygens (including phenoxy) is 2. The average molecular weight is 379 g/mol. The molecule has 0 saturated heterocycles. The van der Waals surface area contributed by atoms with E-state index in [1.807, 2.05) is 48.5 Å². The quantitative estimate of drug-likeness (QED) is 0.636. The Morgan fingerprint density at radius 2 is 1.68 bits per heavy atom. The molecule has 0 fully saturated rings. The van der Waals surface area contributed by atoms with Gasteiger partial charge < -0.3 is 14.8 Å². The Balaban J connectivity index is 1.57. The monoisotopic (exact) mass is 379 g/mol. The number of hydrogen-bond donors (Lipinski definition) is 1. The van der Waals surface area contributed by atoms with Crippen molar-refractivity contribution >= 4 is 5.91 Å². The van der Waals surface area contributed by atoms with Crippen LogP contribution in [0.1, 0.15) is 16.7 Å². The number of hydrogen-bond acceptors (Lipinski definition) is 3. The minimum Gasteiger partial charge on any atom is -0.493 e. The Kier molecular flexibility index (Phi) is 6.63. The minimum atomic E-state index is -0.376. The van der Waals surface area contributed by atoms with Gasteiger partial charge in [0.1, 0.15) is 12.4 Å².